The summed E-state index contributed by atoms with van der Waals surface area (Å²) in [5.74, 6) is 0.922. The van der Waals surface area contributed by atoms with E-state index in [0.717, 1.165) is 57.9 Å². The number of aromatic nitrogens is 2. The summed E-state index contributed by atoms with van der Waals surface area (Å²) in [5, 5.41) is 9.31. The third kappa shape index (κ3) is 4.54. The number of aliphatic hydroxyl groups is 1. The molecule has 1 atom stereocenters. The molecule has 0 spiro atoms. The van der Waals surface area contributed by atoms with Gasteiger partial charge in [-0.05, 0) is 33.2 Å². The van der Waals surface area contributed by atoms with E-state index in [4.69, 9.17) is 0 Å². The first kappa shape index (κ1) is 16.0. The zero-order valence-electron chi connectivity index (χ0n) is 13.0. The number of aryl methyl sites for hydroxylation is 2. The zero-order chi connectivity index (χ0) is 15.2. The molecule has 1 aromatic heterocycles. The molecule has 1 fully saturated rings. The van der Waals surface area contributed by atoms with Gasteiger partial charge in [0.1, 0.15) is 11.9 Å². The number of carbonyl (C=O) groups excluding carboxylic acids is 1. The molecule has 1 aromatic rings. The molecule has 1 aliphatic rings. The Kier molecular flexibility index (Phi) is 5.76. The summed E-state index contributed by atoms with van der Waals surface area (Å²) in [5.41, 5.74) is 0. The number of amides is 1. The second-order valence-corrected chi connectivity index (χ2v) is 5.72. The Morgan fingerprint density at radius 3 is 2.52 bits per heavy atom. The van der Waals surface area contributed by atoms with Gasteiger partial charge in [-0.1, -0.05) is 0 Å². The number of unbranched alkanes of at least 4 members (excludes halogenated alkanes) is 1. The van der Waals surface area contributed by atoms with E-state index in [0.29, 0.717) is 0 Å². The van der Waals surface area contributed by atoms with Crippen molar-refractivity contribution in [2.45, 2.75) is 39.3 Å². The standard InChI is InChI=1S/C15H26N4O2/c1-13(20)15(21)19-11-9-17(10-12-19)6-3-4-7-18-8-5-16-14(18)2/h5,8,13,20H,3-4,6-7,9-12H2,1-2H3. The molecule has 118 valence electrons. The predicted octanol–water partition coefficient (Wildman–Crippen LogP) is 0.497. The molecule has 0 radical (unpaired) electrons. The highest BCUT2D eigenvalue weighted by Crippen LogP contribution is 2.06. The first-order valence-electron chi connectivity index (χ1n) is 7.75. The van der Waals surface area contributed by atoms with Gasteiger partial charge in [-0.15, -0.1) is 0 Å². The Labute approximate surface area is 126 Å². The minimum atomic E-state index is -0.880. The van der Waals surface area contributed by atoms with Crippen molar-refractivity contribution >= 4 is 5.91 Å². The molecule has 1 amide bonds. The first-order valence-corrected chi connectivity index (χ1v) is 7.75. The maximum atomic E-state index is 11.7. The van der Waals surface area contributed by atoms with Crippen molar-refractivity contribution in [2.24, 2.45) is 0 Å². The highest BCUT2D eigenvalue weighted by molar-refractivity contribution is 5.80. The highest BCUT2D eigenvalue weighted by atomic mass is 16.3. The van der Waals surface area contributed by atoms with Gasteiger partial charge in [-0.3, -0.25) is 9.69 Å². The van der Waals surface area contributed by atoms with Gasteiger partial charge in [0.15, 0.2) is 0 Å². The van der Waals surface area contributed by atoms with E-state index in [1.165, 1.54) is 6.92 Å². The van der Waals surface area contributed by atoms with Crippen LogP contribution in [0.1, 0.15) is 25.6 Å². The molecular formula is C15H26N4O2. The highest BCUT2D eigenvalue weighted by Gasteiger charge is 2.23. The topological polar surface area (TPSA) is 61.6 Å². The largest absolute Gasteiger partial charge is 0.384 e. The van der Waals surface area contributed by atoms with Crippen LogP contribution in [0.15, 0.2) is 12.4 Å². The Morgan fingerprint density at radius 2 is 1.95 bits per heavy atom. The molecule has 1 unspecified atom stereocenters. The molecule has 6 heteroatoms. The van der Waals surface area contributed by atoms with Crippen LogP contribution in [0.5, 0.6) is 0 Å². The summed E-state index contributed by atoms with van der Waals surface area (Å²) in [6, 6.07) is 0. The lowest BCUT2D eigenvalue weighted by molar-refractivity contribution is -0.141. The average molecular weight is 294 g/mol. The van der Waals surface area contributed by atoms with Crippen molar-refractivity contribution in [1.82, 2.24) is 19.4 Å². The second kappa shape index (κ2) is 7.56. The van der Waals surface area contributed by atoms with E-state index in [9.17, 15) is 9.90 Å². The van der Waals surface area contributed by atoms with Crippen molar-refractivity contribution in [1.29, 1.82) is 0 Å². The van der Waals surface area contributed by atoms with Crippen LogP contribution in [0.4, 0.5) is 0 Å². The Morgan fingerprint density at radius 1 is 1.29 bits per heavy atom. The summed E-state index contributed by atoms with van der Waals surface area (Å²) in [6.45, 7) is 8.92. The Hall–Kier alpha value is -1.40. The van der Waals surface area contributed by atoms with Gasteiger partial charge in [0.05, 0.1) is 0 Å². The van der Waals surface area contributed by atoms with Gasteiger partial charge in [0.25, 0.3) is 5.91 Å². The molecule has 0 aromatic carbocycles. The molecule has 2 heterocycles. The van der Waals surface area contributed by atoms with Gasteiger partial charge < -0.3 is 14.6 Å². The molecule has 1 N–H and O–H groups in total. The van der Waals surface area contributed by atoms with Crippen molar-refractivity contribution in [2.75, 3.05) is 32.7 Å². The van der Waals surface area contributed by atoms with Crippen molar-refractivity contribution < 1.29 is 9.90 Å². The maximum absolute atomic E-state index is 11.7. The summed E-state index contributed by atoms with van der Waals surface area (Å²) in [7, 11) is 0. The van der Waals surface area contributed by atoms with E-state index in [1.54, 1.807) is 4.90 Å². The normalized spacial score (nSPS) is 18.0. The number of aliphatic hydroxyl groups excluding tert-OH is 1. The zero-order valence-corrected chi connectivity index (χ0v) is 13.0. The maximum Gasteiger partial charge on any atom is 0.251 e. The molecule has 0 saturated carbocycles. The van der Waals surface area contributed by atoms with Crippen LogP contribution in [-0.2, 0) is 11.3 Å². The summed E-state index contributed by atoms with van der Waals surface area (Å²) in [6.07, 6.45) is 5.28. The van der Waals surface area contributed by atoms with Gasteiger partial charge in [0.2, 0.25) is 0 Å². The summed E-state index contributed by atoms with van der Waals surface area (Å²) < 4.78 is 2.18. The van der Waals surface area contributed by atoms with E-state index in [2.05, 4.69) is 14.5 Å². The quantitative estimate of drug-likeness (QED) is 0.776. The lowest BCUT2D eigenvalue weighted by Gasteiger charge is -2.35. The van der Waals surface area contributed by atoms with Crippen LogP contribution in [0, 0.1) is 6.92 Å². The fourth-order valence-corrected chi connectivity index (χ4v) is 2.71. The Bertz CT molecular complexity index is 450. The lowest BCUT2D eigenvalue weighted by atomic mass is 10.2. The molecule has 1 aliphatic heterocycles. The van der Waals surface area contributed by atoms with Crippen molar-refractivity contribution in [3.05, 3.63) is 18.2 Å². The van der Waals surface area contributed by atoms with Crippen LogP contribution in [0.25, 0.3) is 0 Å². The molecule has 0 bridgehead atoms. The number of nitrogens with zero attached hydrogens (tertiary/aromatic N) is 4. The van der Waals surface area contributed by atoms with E-state index in [1.807, 2.05) is 19.3 Å². The van der Waals surface area contributed by atoms with Crippen LogP contribution in [-0.4, -0.2) is 69.2 Å². The molecular weight excluding hydrogens is 268 g/mol. The smallest absolute Gasteiger partial charge is 0.251 e. The summed E-state index contributed by atoms with van der Waals surface area (Å²) >= 11 is 0. The number of rotatable bonds is 6. The minimum Gasteiger partial charge on any atom is -0.384 e. The SMILES string of the molecule is Cc1nccn1CCCCN1CCN(C(=O)C(C)O)CC1. The number of carbonyl (C=O) groups is 1. The number of hydrogen-bond acceptors (Lipinski definition) is 4. The Balaban J connectivity index is 1.61. The van der Waals surface area contributed by atoms with E-state index in [-0.39, 0.29) is 5.91 Å². The van der Waals surface area contributed by atoms with Crippen LogP contribution < -0.4 is 0 Å². The van der Waals surface area contributed by atoms with Crippen molar-refractivity contribution in [3.63, 3.8) is 0 Å². The fraction of sp³-hybridized carbons (Fsp3) is 0.733. The molecule has 2 rings (SSSR count). The lowest BCUT2D eigenvalue weighted by Crippen LogP contribution is -2.51. The molecule has 1 saturated heterocycles. The van der Waals surface area contributed by atoms with Crippen LogP contribution in [0.2, 0.25) is 0 Å². The van der Waals surface area contributed by atoms with Gasteiger partial charge in [0, 0.05) is 45.1 Å². The third-order valence-electron chi connectivity index (χ3n) is 4.09. The molecule has 6 nitrogen and oxygen atoms in total. The average Bonchev–Trinajstić information content (AvgIpc) is 2.89. The molecule has 0 aliphatic carbocycles. The van der Waals surface area contributed by atoms with Gasteiger partial charge in [-0.25, -0.2) is 4.98 Å². The fourth-order valence-electron chi connectivity index (χ4n) is 2.71. The van der Waals surface area contributed by atoms with Crippen LogP contribution in [0.3, 0.4) is 0 Å². The number of piperazine rings is 1. The first-order chi connectivity index (χ1) is 10.1. The summed E-state index contributed by atoms with van der Waals surface area (Å²) in [4.78, 5) is 20.1. The van der Waals surface area contributed by atoms with Crippen LogP contribution >= 0.6 is 0 Å². The van der Waals surface area contributed by atoms with E-state index >= 15 is 0 Å². The third-order valence-corrected chi connectivity index (χ3v) is 4.09. The number of hydrogen-bond donors (Lipinski definition) is 1. The van der Waals surface area contributed by atoms with Gasteiger partial charge in [-0.2, -0.15) is 0 Å². The number of imidazole rings is 1. The van der Waals surface area contributed by atoms with Gasteiger partial charge >= 0.3 is 0 Å². The van der Waals surface area contributed by atoms with Crippen molar-refractivity contribution in [3.8, 4) is 0 Å². The monoisotopic (exact) mass is 294 g/mol. The van der Waals surface area contributed by atoms with E-state index < -0.39 is 6.10 Å². The predicted molar refractivity (Wildman–Crippen MR) is 80.9 cm³/mol. The second-order valence-electron chi connectivity index (χ2n) is 5.72. The molecule has 21 heavy (non-hydrogen) atoms. The minimum absolute atomic E-state index is 0.148.